The monoisotopic (exact) mass is 377 g/mol. The number of halogens is 1. The average molecular weight is 377 g/mol. The number of likely N-dealkylation sites (tertiary alicyclic amines) is 1. The highest BCUT2D eigenvalue weighted by Gasteiger charge is 2.34. The molecule has 2 heterocycles. The van der Waals surface area contributed by atoms with Crippen LogP contribution in [0.25, 0.3) is 11.4 Å². The molecular weight excluding hydrogens is 361 g/mol. The largest absolute Gasteiger partial charge is 0.337 e. The lowest BCUT2D eigenvalue weighted by Gasteiger charge is -2.22. The van der Waals surface area contributed by atoms with Crippen LogP contribution in [0.15, 0.2) is 53.1 Å². The fraction of sp³-hybridized carbons (Fsp3) is 0.200. The second kappa shape index (κ2) is 7.48. The standard InChI is InChI=1S/C20H16FN5O2/c21-15-8-6-14(7-9-15)18-24-19(28-25-18)17-5-2-10-26(17)20(27)23-16-4-1-3-13(11-16)12-22/h1,3-4,6-9,11,17H,2,5,10H2,(H,23,27). The predicted molar refractivity (Wildman–Crippen MR) is 98.5 cm³/mol. The zero-order valence-corrected chi connectivity index (χ0v) is 14.8. The number of hydrogen-bond donors (Lipinski definition) is 1. The topological polar surface area (TPSA) is 95.1 Å². The number of urea groups is 1. The van der Waals surface area contributed by atoms with Crippen molar-refractivity contribution in [3.05, 3.63) is 65.8 Å². The highest BCUT2D eigenvalue weighted by Crippen LogP contribution is 2.32. The van der Waals surface area contributed by atoms with E-state index >= 15 is 0 Å². The van der Waals surface area contributed by atoms with E-state index in [9.17, 15) is 9.18 Å². The lowest BCUT2D eigenvalue weighted by atomic mass is 10.2. The summed E-state index contributed by atoms with van der Waals surface area (Å²) in [5, 5.41) is 15.8. The molecule has 0 radical (unpaired) electrons. The Morgan fingerprint density at radius 2 is 2.11 bits per heavy atom. The summed E-state index contributed by atoms with van der Waals surface area (Å²) in [5.41, 5.74) is 1.66. The summed E-state index contributed by atoms with van der Waals surface area (Å²) in [6, 6.07) is 13.9. The number of amides is 2. The number of hydrogen-bond acceptors (Lipinski definition) is 5. The van der Waals surface area contributed by atoms with Crippen LogP contribution in [0.1, 0.15) is 30.3 Å². The van der Waals surface area contributed by atoms with Crippen LogP contribution in [0, 0.1) is 17.1 Å². The van der Waals surface area contributed by atoms with Crippen molar-refractivity contribution in [1.29, 1.82) is 5.26 Å². The van der Waals surface area contributed by atoms with E-state index in [1.807, 2.05) is 6.07 Å². The van der Waals surface area contributed by atoms with Gasteiger partial charge in [0.05, 0.1) is 11.6 Å². The molecule has 140 valence electrons. The van der Waals surface area contributed by atoms with Gasteiger partial charge in [-0.05, 0) is 55.3 Å². The van der Waals surface area contributed by atoms with Crippen molar-refractivity contribution < 1.29 is 13.7 Å². The molecule has 0 spiro atoms. The van der Waals surface area contributed by atoms with E-state index < -0.39 is 0 Å². The van der Waals surface area contributed by atoms with Gasteiger partial charge in [0, 0.05) is 17.8 Å². The molecule has 0 aliphatic carbocycles. The number of anilines is 1. The number of rotatable bonds is 3. The van der Waals surface area contributed by atoms with Crippen LogP contribution in [-0.4, -0.2) is 27.6 Å². The van der Waals surface area contributed by atoms with Crippen molar-refractivity contribution in [3.8, 4) is 17.5 Å². The first-order chi connectivity index (χ1) is 13.6. The summed E-state index contributed by atoms with van der Waals surface area (Å²) in [7, 11) is 0. The van der Waals surface area contributed by atoms with Crippen molar-refractivity contribution in [2.45, 2.75) is 18.9 Å². The Bertz CT molecular complexity index is 1040. The van der Waals surface area contributed by atoms with Gasteiger partial charge in [-0.15, -0.1) is 0 Å². The van der Waals surface area contributed by atoms with E-state index in [1.54, 1.807) is 41.3 Å². The minimum Gasteiger partial charge on any atom is -0.337 e. The second-order valence-electron chi connectivity index (χ2n) is 6.44. The lowest BCUT2D eigenvalue weighted by molar-refractivity contribution is 0.193. The van der Waals surface area contributed by atoms with Crippen LogP contribution < -0.4 is 5.32 Å². The summed E-state index contributed by atoms with van der Waals surface area (Å²) in [6.45, 7) is 0.558. The van der Waals surface area contributed by atoms with Gasteiger partial charge in [0.1, 0.15) is 11.9 Å². The normalized spacial score (nSPS) is 16.0. The van der Waals surface area contributed by atoms with Crippen molar-refractivity contribution in [2.75, 3.05) is 11.9 Å². The summed E-state index contributed by atoms with van der Waals surface area (Å²) in [4.78, 5) is 18.7. The Morgan fingerprint density at radius 1 is 1.29 bits per heavy atom. The molecule has 0 bridgehead atoms. The minimum absolute atomic E-state index is 0.292. The van der Waals surface area contributed by atoms with Crippen molar-refractivity contribution in [1.82, 2.24) is 15.0 Å². The number of carbonyl (C=O) groups excluding carboxylic acids is 1. The number of nitrogens with one attached hydrogen (secondary N) is 1. The molecule has 1 saturated heterocycles. The third kappa shape index (κ3) is 3.55. The zero-order chi connectivity index (χ0) is 19.5. The van der Waals surface area contributed by atoms with E-state index in [-0.39, 0.29) is 17.9 Å². The van der Waals surface area contributed by atoms with Crippen molar-refractivity contribution in [2.24, 2.45) is 0 Å². The summed E-state index contributed by atoms with van der Waals surface area (Å²) in [6.07, 6.45) is 1.52. The first-order valence-electron chi connectivity index (χ1n) is 8.81. The number of carbonyl (C=O) groups is 1. The average Bonchev–Trinajstić information content (AvgIpc) is 3.38. The van der Waals surface area contributed by atoms with Gasteiger partial charge in [-0.2, -0.15) is 10.2 Å². The van der Waals surface area contributed by atoms with Crippen LogP contribution in [-0.2, 0) is 0 Å². The van der Waals surface area contributed by atoms with Crippen LogP contribution >= 0.6 is 0 Å². The molecule has 4 rings (SSSR count). The second-order valence-corrected chi connectivity index (χ2v) is 6.44. The molecule has 28 heavy (non-hydrogen) atoms. The molecule has 0 saturated carbocycles. The van der Waals surface area contributed by atoms with Gasteiger partial charge in [-0.3, -0.25) is 0 Å². The van der Waals surface area contributed by atoms with Gasteiger partial charge in [-0.1, -0.05) is 11.2 Å². The number of nitriles is 1. The van der Waals surface area contributed by atoms with E-state index in [4.69, 9.17) is 9.78 Å². The Kier molecular flexibility index (Phi) is 4.72. The van der Waals surface area contributed by atoms with Gasteiger partial charge in [0.2, 0.25) is 11.7 Å². The Balaban J connectivity index is 1.51. The maximum Gasteiger partial charge on any atom is 0.322 e. The zero-order valence-electron chi connectivity index (χ0n) is 14.8. The van der Waals surface area contributed by atoms with E-state index in [0.29, 0.717) is 41.5 Å². The molecule has 1 unspecified atom stereocenters. The number of benzene rings is 2. The molecule has 1 N–H and O–H groups in total. The quantitative estimate of drug-likeness (QED) is 0.741. The van der Waals surface area contributed by atoms with E-state index in [0.717, 1.165) is 6.42 Å². The van der Waals surface area contributed by atoms with E-state index in [2.05, 4.69) is 15.5 Å². The molecule has 1 aromatic heterocycles. The summed E-state index contributed by atoms with van der Waals surface area (Å²) >= 11 is 0. The van der Waals surface area contributed by atoms with Crippen molar-refractivity contribution >= 4 is 11.7 Å². The minimum atomic E-state index is -0.341. The Hall–Kier alpha value is -3.73. The smallest absolute Gasteiger partial charge is 0.322 e. The highest BCUT2D eigenvalue weighted by atomic mass is 19.1. The van der Waals surface area contributed by atoms with E-state index in [1.165, 1.54) is 12.1 Å². The molecule has 3 aromatic rings. The fourth-order valence-corrected chi connectivity index (χ4v) is 3.22. The van der Waals surface area contributed by atoms with Gasteiger partial charge < -0.3 is 14.7 Å². The SMILES string of the molecule is N#Cc1cccc(NC(=O)N2CCCC2c2nc(-c3ccc(F)cc3)no2)c1. The van der Waals surface area contributed by atoms with Crippen LogP contribution in [0.4, 0.5) is 14.9 Å². The molecule has 7 nitrogen and oxygen atoms in total. The molecule has 1 atom stereocenters. The van der Waals surface area contributed by atoms with Gasteiger partial charge in [0.15, 0.2) is 0 Å². The summed E-state index contributed by atoms with van der Waals surface area (Å²) in [5.74, 6) is 0.355. The van der Waals surface area contributed by atoms with Gasteiger partial charge in [-0.25, -0.2) is 9.18 Å². The molecule has 2 aromatic carbocycles. The number of nitrogens with zero attached hydrogens (tertiary/aromatic N) is 4. The third-order valence-corrected chi connectivity index (χ3v) is 4.59. The van der Waals surface area contributed by atoms with Crippen LogP contribution in [0.5, 0.6) is 0 Å². The highest BCUT2D eigenvalue weighted by molar-refractivity contribution is 5.90. The molecule has 1 aliphatic rings. The number of aromatic nitrogens is 2. The van der Waals surface area contributed by atoms with Gasteiger partial charge >= 0.3 is 6.03 Å². The molecule has 2 amide bonds. The van der Waals surface area contributed by atoms with Crippen LogP contribution in [0.2, 0.25) is 0 Å². The summed E-state index contributed by atoms with van der Waals surface area (Å²) < 4.78 is 18.5. The lowest BCUT2D eigenvalue weighted by Crippen LogP contribution is -2.34. The first kappa shape index (κ1) is 17.7. The third-order valence-electron chi connectivity index (χ3n) is 4.59. The van der Waals surface area contributed by atoms with Crippen LogP contribution in [0.3, 0.4) is 0 Å². The molecule has 8 heteroatoms. The fourth-order valence-electron chi connectivity index (χ4n) is 3.22. The predicted octanol–water partition coefficient (Wildman–Crippen LogP) is 4.12. The van der Waals surface area contributed by atoms with Gasteiger partial charge in [0.25, 0.3) is 0 Å². The maximum absolute atomic E-state index is 13.1. The van der Waals surface area contributed by atoms with Crippen molar-refractivity contribution in [3.63, 3.8) is 0 Å². The Labute approximate surface area is 160 Å². The molecular formula is C20H16FN5O2. The maximum atomic E-state index is 13.1. The first-order valence-corrected chi connectivity index (χ1v) is 8.81. The molecule has 1 fully saturated rings. The Morgan fingerprint density at radius 3 is 2.89 bits per heavy atom. The molecule has 1 aliphatic heterocycles.